The summed E-state index contributed by atoms with van der Waals surface area (Å²) in [5.41, 5.74) is 4.53. The lowest BCUT2D eigenvalue weighted by molar-refractivity contribution is 0.350. The summed E-state index contributed by atoms with van der Waals surface area (Å²) in [5, 5.41) is 8.87. The maximum Gasteiger partial charge on any atom is 0.0688 e. The van der Waals surface area contributed by atoms with Gasteiger partial charge in [0.2, 0.25) is 0 Å². The minimum absolute atomic E-state index is 0.139. The van der Waals surface area contributed by atoms with Crippen molar-refractivity contribution in [2.75, 3.05) is 6.61 Å². The minimum Gasteiger partial charge on any atom is -0.392 e. The zero-order valence-corrected chi connectivity index (χ0v) is 6.75. The highest BCUT2D eigenvalue weighted by Crippen LogP contribution is 2.32. The molecule has 1 aliphatic carbocycles. The van der Waals surface area contributed by atoms with Gasteiger partial charge < -0.3 is 5.11 Å². The minimum atomic E-state index is 0.139. The fourth-order valence-corrected chi connectivity index (χ4v) is 1.44. The van der Waals surface area contributed by atoms with E-state index in [0.29, 0.717) is 0 Å². The maximum atomic E-state index is 8.87. The van der Waals surface area contributed by atoms with E-state index in [1.54, 1.807) is 0 Å². The first-order valence-corrected chi connectivity index (χ1v) is 3.93. The number of fused-ring (bicyclic) bond motifs is 1. The van der Waals surface area contributed by atoms with Gasteiger partial charge >= 0.3 is 0 Å². The Hall–Kier alpha value is -1.34. The summed E-state index contributed by atoms with van der Waals surface area (Å²) in [6, 6.07) is 6.11. The Bertz CT molecular complexity index is 361. The number of aliphatic hydroxyl groups excluding tert-OH is 1. The molecule has 60 valence electrons. The lowest BCUT2D eigenvalue weighted by Gasteiger charge is -2.18. The van der Waals surface area contributed by atoms with Gasteiger partial charge in [-0.25, -0.2) is 0 Å². The fourth-order valence-electron chi connectivity index (χ4n) is 1.44. The molecule has 0 aliphatic heterocycles. The molecule has 0 unspecified atom stereocenters. The number of rotatable bonds is 2. The van der Waals surface area contributed by atoms with Crippen molar-refractivity contribution >= 4 is 17.7 Å². The Kier molecular flexibility index (Phi) is 1.59. The number of aliphatic hydroxyl groups is 1. The van der Waals surface area contributed by atoms with Gasteiger partial charge in [-0.1, -0.05) is 24.8 Å². The first-order chi connectivity index (χ1) is 5.85. The van der Waals surface area contributed by atoms with E-state index in [1.807, 2.05) is 24.3 Å². The first-order valence-electron chi connectivity index (χ1n) is 3.93. The normalized spacial score (nSPS) is 12.9. The Morgan fingerprint density at radius 2 is 2.25 bits per heavy atom. The SMILES string of the molecule is C=Cc1ccc2c(c1)C=C2CO. The van der Waals surface area contributed by atoms with Crippen LogP contribution in [0.15, 0.2) is 24.8 Å². The van der Waals surface area contributed by atoms with Crippen molar-refractivity contribution in [1.82, 2.24) is 0 Å². The smallest absolute Gasteiger partial charge is 0.0688 e. The van der Waals surface area contributed by atoms with Crippen LogP contribution in [-0.4, -0.2) is 11.7 Å². The van der Waals surface area contributed by atoms with Crippen molar-refractivity contribution in [2.24, 2.45) is 0 Å². The van der Waals surface area contributed by atoms with E-state index in [-0.39, 0.29) is 6.61 Å². The highest BCUT2D eigenvalue weighted by Gasteiger charge is 2.14. The van der Waals surface area contributed by atoms with Crippen LogP contribution in [0.3, 0.4) is 0 Å². The molecule has 0 saturated heterocycles. The van der Waals surface area contributed by atoms with Crippen molar-refractivity contribution in [3.63, 3.8) is 0 Å². The molecule has 1 heteroatoms. The van der Waals surface area contributed by atoms with Crippen molar-refractivity contribution < 1.29 is 5.11 Å². The molecule has 1 aromatic rings. The molecule has 1 N–H and O–H groups in total. The Labute approximate surface area is 71.7 Å². The monoisotopic (exact) mass is 158 g/mol. The maximum absolute atomic E-state index is 8.87. The van der Waals surface area contributed by atoms with Crippen LogP contribution in [0, 0.1) is 0 Å². The van der Waals surface area contributed by atoms with Gasteiger partial charge in [-0.15, -0.1) is 0 Å². The molecule has 12 heavy (non-hydrogen) atoms. The molecule has 0 fully saturated rings. The third-order valence-electron chi connectivity index (χ3n) is 2.16. The zero-order valence-electron chi connectivity index (χ0n) is 6.75. The van der Waals surface area contributed by atoms with Crippen molar-refractivity contribution in [1.29, 1.82) is 0 Å². The standard InChI is InChI=1S/C11H10O/c1-2-8-3-4-11-9(5-8)6-10(11)7-12/h2-6,12H,1,7H2. The van der Waals surface area contributed by atoms with Gasteiger partial charge in [0.25, 0.3) is 0 Å². The first kappa shape index (κ1) is 7.32. The lowest BCUT2D eigenvalue weighted by Crippen LogP contribution is -2.02. The molecule has 1 nitrogen and oxygen atoms in total. The summed E-state index contributed by atoms with van der Waals surface area (Å²) in [7, 11) is 0. The third kappa shape index (κ3) is 0.908. The lowest BCUT2D eigenvalue weighted by atomic mass is 9.88. The molecule has 0 radical (unpaired) electrons. The number of hydrogen-bond donors (Lipinski definition) is 1. The van der Waals surface area contributed by atoms with Gasteiger partial charge in [-0.05, 0) is 34.4 Å². The summed E-state index contributed by atoms with van der Waals surface area (Å²) < 4.78 is 0. The topological polar surface area (TPSA) is 20.2 Å². The molecule has 0 aromatic heterocycles. The molecule has 0 spiro atoms. The van der Waals surface area contributed by atoms with Gasteiger partial charge in [-0.2, -0.15) is 0 Å². The molecule has 1 aromatic carbocycles. The van der Waals surface area contributed by atoms with E-state index >= 15 is 0 Å². The van der Waals surface area contributed by atoms with Crippen LogP contribution in [0.4, 0.5) is 0 Å². The molecule has 2 rings (SSSR count). The van der Waals surface area contributed by atoms with E-state index in [4.69, 9.17) is 5.11 Å². The van der Waals surface area contributed by atoms with Crippen LogP contribution in [-0.2, 0) is 0 Å². The summed E-state index contributed by atoms with van der Waals surface area (Å²) in [5.74, 6) is 0. The van der Waals surface area contributed by atoms with Crippen LogP contribution in [0.2, 0.25) is 0 Å². The summed E-state index contributed by atoms with van der Waals surface area (Å²) >= 11 is 0. The summed E-state index contributed by atoms with van der Waals surface area (Å²) in [6.07, 6.45) is 3.83. The Morgan fingerprint density at radius 1 is 1.42 bits per heavy atom. The molecule has 0 heterocycles. The van der Waals surface area contributed by atoms with E-state index in [0.717, 1.165) is 11.1 Å². The van der Waals surface area contributed by atoms with E-state index in [9.17, 15) is 0 Å². The summed E-state index contributed by atoms with van der Waals surface area (Å²) in [6.45, 7) is 3.83. The zero-order chi connectivity index (χ0) is 8.55. The predicted octanol–water partition coefficient (Wildman–Crippen LogP) is 2.18. The van der Waals surface area contributed by atoms with Crippen LogP contribution in [0.5, 0.6) is 0 Å². The molecular weight excluding hydrogens is 148 g/mol. The van der Waals surface area contributed by atoms with Crippen LogP contribution in [0.25, 0.3) is 17.7 Å². The van der Waals surface area contributed by atoms with E-state index in [1.165, 1.54) is 11.1 Å². The quantitative estimate of drug-likeness (QED) is 0.699. The molecule has 0 bridgehead atoms. The molecule has 1 aliphatic rings. The second-order valence-corrected chi connectivity index (χ2v) is 2.88. The number of benzene rings is 1. The van der Waals surface area contributed by atoms with Gasteiger partial charge in [0.15, 0.2) is 0 Å². The molecular formula is C11H10O. The van der Waals surface area contributed by atoms with E-state index < -0.39 is 0 Å². The average molecular weight is 158 g/mol. The van der Waals surface area contributed by atoms with E-state index in [2.05, 4.69) is 12.6 Å². The Balaban J connectivity index is 2.40. The van der Waals surface area contributed by atoms with Crippen LogP contribution >= 0.6 is 0 Å². The Morgan fingerprint density at radius 3 is 2.83 bits per heavy atom. The second kappa shape index (κ2) is 2.61. The van der Waals surface area contributed by atoms with Crippen molar-refractivity contribution in [2.45, 2.75) is 0 Å². The third-order valence-corrected chi connectivity index (χ3v) is 2.16. The van der Waals surface area contributed by atoms with Crippen molar-refractivity contribution in [3.8, 4) is 0 Å². The van der Waals surface area contributed by atoms with Crippen molar-refractivity contribution in [3.05, 3.63) is 41.5 Å². The largest absolute Gasteiger partial charge is 0.392 e. The van der Waals surface area contributed by atoms with Gasteiger partial charge in [0.05, 0.1) is 6.61 Å². The average Bonchev–Trinajstić information content (AvgIpc) is 2.07. The van der Waals surface area contributed by atoms with Gasteiger partial charge in [-0.3, -0.25) is 0 Å². The summed E-state index contributed by atoms with van der Waals surface area (Å²) in [4.78, 5) is 0. The second-order valence-electron chi connectivity index (χ2n) is 2.88. The molecule has 0 amide bonds. The highest BCUT2D eigenvalue weighted by atomic mass is 16.3. The predicted molar refractivity (Wildman–Crippen MR) is 51.5 cm³/mol. The molecule has 0 saturated carbocycles. The van der Waals surface area contributed by atoms with Crippen LogP contribution < -0.4 is 0 Å². The van der Waals surface area contributed by atoms with Gasteiger partial charge in [0, 0.05) is 0 Å². The van der Waals surface area contributed by atoms with Crippen LogP contribution in [0.1, 0.15) is 16.7 Å². The highest BCUT2D eigenvalue weighted by molar-refractivity contribution is 5.96. The van der Waals surface area contributed by atoms with Gasteiger partial charge in [0.1, 0.15) is 0 Å². The fraction of sp³-hybridized carbons (Fsp3) is 0.0909. The molecule has 0 atom stereocenters. The number of hydrogen-bond acceptors (Lipinski definition) is 1.